The number of thioether (sulfide) groups is 1. The number of hydrogen-bond donors (Lipinski definition) is 2. The van der Waals surface area contributed by atoms with Crippen LogP contribution in [0.25, 0.3) is 22.2 Å². The highest BCUT2D eigenvalue weighted by molar-refractivity contribution is 9.10. The Morgan fingerprint density at radius 2 is 1.88 bits per heavy atom. The molecule has 0 radical (unpaired) electrons. The first-order valence-electron chi connectivity index (χ1n) is 9.65. The number of H-pyrrole nitrogens is 1. The number of benzene rings is 3. The molecular weight excluding hydrogens is 514 g/mol. The number of para-hydroxylation sites is 1. The summed E-state index contributed by atoms with van der Waals surface area (Å²) in [6.07, 6.45) is 0. The quantitative estimate of drug-likeness (QED) is 0.121. The molecule has 0 saturated heterocycles. The summed E-state index contributed by atoms with van der Waals surface area (Å²) in [7, 11) is 0. The first-order valence-corrected chi connectivity index (χ1v) is 11.8. The highest BCUT2D eigenvalue weighted by Gasteiger charge is 2.20. The van der Waals surface area contributed by atoms with Gasteiger partial charge in [0.25, 0.3) is 11.6 Å². The number of nitrogens with zero attached hydrogens (tertiary/aromatic N) is 1. The molecule has 0 fully saturated rings. The number of fused-ring (bicyclic) bond motifs is 1. The molecule has 9 heteroatoms. The van der Waals surface area contributed by atoms with E-state index < -0.39 is 10.8 Å². The molecule has 4 aromatic rings. The molecule has 6 nitrogen and oxygen atoms in total. The lowest BCUT2D eigenvalue weighted by atomic mass is 10.1. The third-order valence-electron chi connectivity index (χ3n) is 4.83. The summed E-state index contributed by atoms with van der Waals surface area (Å²) in [6.45, 7) is 0.340. The number of rotatable bonds is 7. The van der Waals surface area contributed by atoms with E-state index in [-0.39, 0.29) is 16.3 Å². The van der Waals surface area contributed by atoms with Gasteiger partial charge in [-0.2, -0.15) is 0 Å². The predicted octanol–water partition coefficient (Wildman–Crippen LogP) is 6.68. The summed E-state index contributed by atoms with van der Waals surface area (Å²) in [5.74, 6) is 0.0673. The van der Waals surface area contributed by atoms with Crippen LogP contribution in [0.4, 0.5) is 5.69 Å². The average molecular weight is 531 g/mol. The Morgan fingerprint density at radius 3 is 2.62 bits per heavy atom. The fourth-order valence-electron chi connectivity index (χ4n) is 3.35. The highest BCUT2D eigenvalue weighted by atomic mass is 79.9. The van der Waals surface area contributed by atoms with Crippen LogP contribution in [0.3, 0.4) is 0 Å². The van der Waals surface area contributed by atoms with E-state index in [2.05, 4.69) is 32.3 Å². The molecule has 1 aromatic heterocycles. The van der Waals surface area contributed by atoms with Gasteiger partial charge in [-0.25, -0.2) is 0 Å². The number of nitrogens with one attached hydrogen (secondary N) is 2. The Morgan fingerprint density at radius 1 is 1.12 bits per heavy atom. The summed E-state index contributed by atoms with van der Waals surface area (Å²) in [6, 6.07) is 20.1. The van der Waals surface area contributed by atoms with E-state index in [0.29, 0.717) is 12.3 Å². The second-order valence-corrected chi connectivity index (χ2v) is 9.36. The molecule has 0 saturated carbocycles. The molecular formula is C23H17BrClN3O3S. The fourth-order valence-corrected chi connectivity index (χ4v) is 4.84. The number of carbonyl (C=O) groups is 1. The molecule has 0 spiro atoms. The van der Waals surface area contributed by atoms with Gasteiger partial charge in [0.1, 0.15) is 5.56 Å². The molecule has 1 amide bonds. The minimum Gasteiger partial charge on any atom is -0.354 e. The van der Waals surface area contributed by atoms with Gasteiger partial charge in [-0.3, -0.25) is 14.9 Å². The van der Waals surface area contributed by atoms with Crippen molar-refractivity contribution in [3.05, 3.63) is 91.9 Å². The van der Waals surface area contributed by atoms with Crippen LogP contribution in [0.5, 0.6) is 0 Å². The number of halogens is 2. The first-order chi connectivity index (χ1) is 15.4. The maximum absolute atomic E-state index is 12.5. The summed E-state index contributed by atoms with van der Waals surface area (Å²) in [5, 5.41) is 15.3. The maximum atomic E-state index is 12.5. The van der Waals surface area contributed by atoms with E-state index >= 15 is 0 Å². The minimum atomic E-state index is -0.587. The van der Waals surface area contributed by atoms with Gasteiger partial charge >= 0.3 is 0 Å². The molecule has 0 atom stereocenters. The van der Waals surface area contributed by atoms with Crippen molar-refractivity contribution in [3.8, 4) is 11.3 Å². The Kier molecular flexibility index (Phi) is 6.83. The van der Waals surface area contributed by atoms with Gasteiger partial charge < -0.3 is 10.3 Å². The van der Waals surface area contributed by atoms with Crippen molar-refractivity contribution in [2.45, 2.75) is 4.90 Å². The van der Waals surface area contributed by atoms with Crippen LogP contribution in [0.15, 0.2) is 76.1 Å². The largest absolute Gasteiger partial charge is 0.354 e. The number of aromatic amines is 1. The third kappa shape index (κ3) is 4.82. The van der Waals surface area contributed by atoms with Gasteiger partial charge in [0.05, 0.1) is 10.6 Å². The fraction of sp³-hybridized carbons (Fsp3) is 0.0870. The van der Waals surface area contributed by atoms with Crippen molar-refractivity contribution < 1.29 is 9.72 Å². The van der Waals surface area contributed by atoms with Crippen LogP contribution in [0.2, 0.25) is 5.02 Å². The third-order valence-corrected chi connectivity index (χ3v) is 6.71. The zero-order valence-corrected chi connectivity index (χ0v) is 19.8. The van der Waals surface area contributed by atoms with E-state index in [0.717, 1.165) is 31.5 Å². The minimum absolute atomic E-state index is 0.0462. The van der Waals surface area contributed by atoms with Gasteiger partial charge in [-0.1, -0.05) is 57.9 Å². The Hall–Kier alpha value is -2.81. The molecule has 0 aliphatic rings. The topological polar surface area (TPSA) is 88.0 Å². The summed E-state index contributed by atoms with van der Waals surface area (Å²) in [4.78, 5) is 27.7. The lowest BCUT2D eigenvalue weighted by molar-refractivity contribution is -0.385. The van der Waals surface area contributed by atoms with Crippen molar-refractivity contribution in [1.82, 2.24) is 10.3 Å². The van der Waals surface area contributed by atoms with Crippen LogP contribution in [0, 0.1) is 10.1 Å². The zero-order valence-electron chi connectivity index (χ0n) is 16.6. The van der Waals surface area contributed by atoms with Gasteiger partial charge in [-0.05, 0) is 35.9 Å². The van der Waals surface area contributed by atoms with Crippen LogP contribution in [-0.2, 0) is 0 Å². The van der Waals surface area contributed by atoms with Crippen molar-refractivity contribution in [1.29, 1.82) is 0 Å². The summed E-state index contributed by atoms with van der Waals surface area (Å²) < 4.78 is 1.00. The highest BCUT2D eigenvalue weighted by Crippen LogP contribution is 2.37. The molecule has 0 aliphatic heterocycles. The lowest BCUT2D eigenvalue weighted by Gasteiger charge is -2.08. The monoisotopic (exact) mass is 529 g/mol. The van der Waals surface area contributed by atoms with Crippen molar-refractivity contribution in [2.24, 2.45) is 0 Å². The summed E-state index contributed by atoms with van der Waals surface area (Å²) >= 11 is 11.0. The number of aromatic nitrogens is 1. The molecule has 0 bridgehead atoms. The van der Waals surface area contributed by atoms with Gasteiger partial charge in [0, 0.05) is 43.7 Å². The number of nitro groups is 1. The zero-order chi connectivity index (χ0) is 22.7. The standard InChI is InChI=1S/C23H17BrClN3O3S/c24-15-7-5-14(6-8-15)21-22(17-3-1-2-4-19(17)27-21)32-12-11-26-23(29)18-13-16(25)9-10-20(18)28(30)31/h1-10,13,27H,11-12H2,(H,26,29). The molecule has 2 N–H and O–H groups in total. The lowest BCUT2D eigenvalue weighted by Crippen LogP contribution is -2.26. The van der Waals surface area contributed by atoms with E-state index in [4.69, 9.17) is 11.6 Å². The van der Waals surface area contributed by atoms with Gasteiger partial charge in [0.15, 0.2) is 0 Å². The molecule has 0 unspecified atom stereocenters. The second kappa shape index (κ2) is 9.77. The Balaban J connectivity index is 1.50. The number of amides is 1. The van der Waals surface area contributed by atoms with Crippen LogP contribution in [0.1, 0.15) is 10.4 Å². The molecule has 0 aliphatic carbocycles. The Labute approximate surface area is 201 Å². The normalized spacial score (nSPS) is 10.9. The number of nitro benzene ring substituents is 1. The molecule has 162 valence electrons. The molecule has 3 aromatic carbocycles. The Bertz CT molecular complexity index is 1310. The smallest absolute Gasteiger partial charge is 0.282 e. The molecule has 4 rings (SSSR count). The van der Waals surface area contributed by atoms with Crippen molar-refractivity contribution in [3.63, 3.8) is 0 Å². The SMILES string of the molecule is O=C(NCCSc1c(-c2ccc(Br)cc2)[nH]c2ccccc12)c1cc(Cl)ccc1[N+](=O)[O-]. The molecule has 1 heterocycles. The van der Waals surface area contributed by atoms with Crippen LogP contribution >= 0.6 is 39.3 Å². The number of hydrogen-bond acceptors (Lipinski definition) is 4. The summed E-state index contributed by atoms with van der Waals surface area (Å²) in [5.41, 5.74) is 2.79. The van der Waals surface area contributed by atoms with E-state index in [1.807, 2.05) is 42.5 Å². The van der Waals surface area contributed by atoms with Crippen molar-refractivity contribution in [2.75, 3.05) is 12.3 Å². The van der Waals surface area contributed by atoms with E-state index in [9.17, 15) is 14.9 Å². The maximum Gasteiger partial charge on any atom is 0.282 e. The van der Waals surface area contributed by atoms with Gasteiger partial charge in [-0.15, -0.1) is 11.8 Å². The van der Waals surface area contributed by atoms with Crippen LogP contribution < -0.4 is 5.32 Å². The average Bonchev–Trinajstić information content (AvgIpc) is 3.15. The molecule has 32 heavy (non-hydrogen) atoms. The predicted molar refractivity (Wildman–Crippen MR) is 133 cm³/mol. The first kappa shape index (κ1) is 22.4. The van der Waals surface area contributed by atoms with Crippen molar-refractivity contribution >= 4 is 61.8 Å². The number of carbonyl (C=O) groups excluding carboxylic acids is 1. The van der Waals surface area contributed by atoms with E-state index in [1.165, 1.54) is 18.2 Å². The van der Waals surface area contributed by atoms with E-state index in [1.54, 1.807) is 11.8 Å². The second-order valence-electron chi connectivity index (χ2n) is 6.90. The van der Waals surface area contributed by atoms with Crippen LogP contribution in [-0.4, -0.2) is 28.1 Å². The van der Waals surface area contributed by atoms with Gasteiger partial charge in [0.2, 0.25) is 0 Å².